The lowest BCUT2D eigenvalue weighted by atomic mass is 9.45. The summed E-state index contributed by atoms with van der Waals surface area (Å²) in [6.45, 7) is 9.25. The predicted molar refractivity (Wildman–Crippen MR) is 111 cm³/mol. The largest absolute Gasteiger partial charge is 0.462 e. The predicted octanol–water partition coefficient (Wildman–Crippen LogP) is 5.95. The second-order valence-electron chi connectivity index (χ2n) is 11.4. The SMILES string of the molecule is CC(C)CCC(=O)O[C@H]1CC[C@H]2[C@@H]3CCC4CC(=O)CC[C@]4(C)[C@H]3CC[C@]12C. The second kappa shape index (κ2) is 7.43. The maximum atomic E-state index is 12.4. The summed E-state index contributed by atoms with van der Waals surface area (Å²) in [7, 11) is 0. The topological polar surface area (TPSA) is 43.4 Å². The summed E-state index contributed by atoms with van der Waals surface area (Å²) in [5.74, 6) is 3.92. The summed E-state index contributed by atoms with van der Waals surface area (Å²) in [6, 6.07) is 0. The Hall–Kier alpha value is -0.860. The van der Waals surface area contributed by atoms with Gasteiger partial charge in [0.2, 0.25) is 0 Å². The normalized spacial score (nSPS) is 45.3. The molecular weight excluding hydrogens is 348 g/mol. The quantitative estimate of drug-likeness (QED) is 0.559. The van der Waals surface area contributed by atoms with Gasteiger partial charge in [-0.3, -0.25) is 9.59 Å². The summed E-state index contributed by atoms with van der Waals surface area (Å²) in [5, 5.41) is 0. The van der Waals surface area contributed by atoms with Crippen LogP contribution in [0.1, 0.15) is 98.3 Å². The van der Waals surface area contributed by atoms with Gasteiger partial charge in [-0.15, -0.1) is 0 Å². The van der Waals surface area contributed by atoms with E-state index in [1.807, 2.05) is 0 Å². The fourth-order valence-corrected chi connectivity index (χ4v) is 7.81. The van der Waals surface area contributed by atoms with Crippen LogP contribution in [0, 0.1) is 40.4 Å². The van der Waals surface area contributed by atoms with Crippen LogP contribution >= 0.6 is 0 Å². The molecular formula is C25H40O3. The second-order valence-corrected chi connectivity index (χ2v) is 11.4. The van der Waals surface area contributed by atoms with Crippen molar-refractivity contribution in [1.29, 1.82) is 0 Å². The molecule has 28 heavy (non-hydrogen) atoms. The lowest BCUT2D eigenvalue weighted by molar-refractivity contribution is -0.164. The molecule has 0 radical (unpaired) electrons. The van der Waals surface area contributed by atoms with Gasteiger partial charge in [0.05, 0.1) is 0 Å². The lowest BCUT2D eigenvalue weighted by Gasteiger charge is -2.60. The molecule has 0 spiro atoms. The third kappa shape index (κ3) is 3.35. The molecule has 7 atom stereocenters. The van der Waals surface area contributed by atoms with Gasteiger partial charge in [0.15, 0.2) is 0 Å². The molecule has 0 aromatic rings. The van der Waals surface area contributed by atoms with E-state index in [1.54, 1.807) is 0 Å². The van der Waals surface area contributed by atoms with Crippen molar-refractivity contribution in [2.45, 2.75) is 104 Å². The van der Waals surface area contributed by atoms with E-state index in [-0.39, 0.29) is 17.5 Å². The molecule has 1 unspecified atom stereocenters. The van der Waals surface area contributed by atoms with Crippen molar-refractivity contribution in [2.75, 3.05) is 0 Å². The van der Waals surface area contributed by atoms with Crippen LogP contribution in [0.2, 0.25) is 0 Å². The van der Waals surface area contributed by atoms with Gasteiger partial charge in [0, 0.05) is 24.7 Å². The van der Waals surface area contributed by atoms with Crippen LogP contribution in [-0.2, 0) is 14.3 Å². The van der Waals surface area contributed by atoms with Crippen LogP contribution in [0.15, 0.2) is 0 Å². The average molecular weight is 389 g/mol. The van der Waals surface area contributed by atoms with Gasteiger partial charge >= 0.3 is 5.97 Å². The first-order valence-electron chi connectivity index (χ1n) is 11.9. The molecule has 0 amide bonds. The Morgan fingerprint density at radius 2 is 1.79 bits per heavy atom. The Labute approximate surface area is 171 Å². The molecule has 0 aromatic heterocycles. The van der Waals surface area contributed by atoms with E-state index >= 15 is 0 Å². The van der Waals surface area contributed by atoms with Crippen molar-refractivity contribution in [2.24, 2.45) is 40.4 Å². The van der Waals surface area contributed by atoms with E-state index in [4.69, 9.17) is 4.74 Å². The minimum atomic E-state index is 0.0177. The number of Topliss-reactive ketones (excluding diaryl/α,β-unsaturated/α-hetero) is 1. The molecule has 3 heteroatoms. The number of ketones is 1. The monoisotopic (exact) mass is 388 g/mol. The van der Waals surface area contributed by atoms with Crippen LogP contribution in [0.5, 0.6) is 0 Å². The number of carbonyl (C=O) groups is 2. The summed E-state index contributed by atoms with van der Waals surface area (Å²) in [6.07, 6.45) is 11.6. The van der Waals surface area contributed by atoms with Gasteiger partial charge in [-0.25, -0.2) is 0 Å². The Bertz CT molecular complexity index is 625. The number of rotatable bonds is 4. The lowest BCUT2D eigenvalue weighted by Crippen LogP contribution is -2.54. The molecule has 0 heterocycles. The molecule has 3 nitrogen and oxygen atoms in total. The van der Waals surface area contributed by atoms with Gasteiger partial charge < -0.3 is 4.74 Å². The zero-order valence-electron chi connectivity index (χ0n) is 18.5. The van der Waals surface area contributed by atoms with Crippen molar-refractivity contribution in [3.05, 3.63) is 0 Å². The number of carbonyl (C=O) groups excluding carboxylic acids is 2. The van der Waals surface area contributed by atoms with Crippen molar-refractivity contribution in [3.8, 4) is 0 Å². The van der Waals surface area contributed by atoms with E-state index < -0.39 is 0 Å². The molecule has 4 aliphatic carbocycles. The van der Waals surface area contributed by atoms with Crippen molar-refractivity contribution in [3.63, 3.8) is 0 Å². The minimum absolute atomic E-state index is 0.0177. The third-order valence-corrected chi connectivity index (χ3v) is 9.59. The third-order valence-electron chi connectivity index (χ3n) is 9.59. The van der Waals surface area contributed by atoms with Gasteiger partial charge in [-0.1, -0.05) is 27.7 Å². The van der Waals surface area contributed by atoms with E-state index in [9.17, 15) is 9.59 Å². The Balaban J connectivity index is 1.46. The van der Waals surface area contributed by atoms with Crippen molar-refractivity contribution < 1.29 is 14.3 Å². The molecule has 0 aliphatic heterocycles. The Kier molecular flexibility index (Phi) is 5.42. The zero-order chi connectivity index (χ0) is 20.1. The smallest absolute Gasteiger partial charge is 0.306 e. The minimum Gasteiger partial charge on any atom is -0.462 e. The summed E-state index contributed by atoms with van der Waals surface area (Å²) >= 11 is 0. The van der Waals surface area contributed by atoms with Gasteiger partial charge in [-0.2, -0.15) is 0 Å². The van der Waals surface area contributed by atoms with Crippen LogP contribution in [0.25, 0.3) is 0 Å². The summed E-state index contributed by atoms with van der Waals surface area (Å²) in [5.41, 5.74) is 0.534. The average Bonchev–Trinajstić information content (AvgIpc) is 2.97. The molecule has 158 valence electrons. The number of hydrogen-bond acceptors (Lipinski definition) is 3. The molecule has 0 saturated heterocycles. The fourth-order valence-electron chi connectivity index (χ4n) is 7.81. The highest BCUT2D eigenvalue weighted by molar-refractivity contribution is 5.79. The van der Waals surface area contributed by atoms with E-state index in [0.717, 1.165) is 43.9 Å². The summed E-state index contributed by atoms with van der Waals surface area (Å²) in [4.78, 5) is 24.5. The maximum Gasteiger partial charge on any atom is 0.306 e. The van der Waals surface area contributed by atoms with Crippen LogP contribution in [0.3, 0.4) is 0 Å². The highest BCUT2D eigenvalue weighted by atomic mass is 16.5. The molecule has 4 aliphatic rings. The highest BCUT2D eigenvalue weighted by Gasteiger charge is 2.61. The first-order chi connectivity index (χ1) is 13.2. The number of ether oxygens (including phenoxy) is 1. The van der Waals surface area contributed by atoms with Crippen molar-refractivity contribution >= 4 is 11.8 Å². The molecule has 4 rings (SSSR count). The van der Waals surface area contributed by atoms with Crippen LogP contribution in [-0.4, -0.2) is 17.9 Å². The molecule has 4 fully saturated rings. The fraction of sp³-hybridized carbons (Fsp3) is 0.920. The van der Waals surface area contributed by atoms with E-state index in [2.05, 4.69) is 27.7 Å². The molecule has 4 saturated carbocycles. The highest BCUT2D eigenvalue weighted by Crippen LogP contribution is 2.66. The Morgan fingerprint density at radius 3 is 2.54 bits per heavy atom. The van der Waals surface area contributed by atoms with Gasteiger partial charge in [0.1, 0.15) is 11.9 Å². The van der Waals surface area contributed by atoms with Gasteiger partial charge in [0.25, 0.3) is 0 Å². The van der Waals surface area contributed by atoms with Crippen molar-refractivity contribution in [1.82, 2.24) is 0 Å². The zero-order valence-corrected chi connectivity index (χ0v) is 18.5. The maximum absolute atomic E-state index is 12.4. The first kappa shape index (κ1) is 20.4. The van der Waals surface area contributed by atoms with Crippen LogP contribution in [0.4, 0.5) is 0 Å². The first-order valence-corrected chi connectivity index (χ1v) is 11.9. The number of fused-ring (bicyclic) bond motifs is 5. The number of hydrogen-bond donors (Lipinski definition) is 0. The van der Waals surface area contributed by atoms with E-state index in [1.165, 1.54) is 32.1 Å². The van der Waals surface area contributed by atoms with Crippen LogP contribution < -0.4 is 0 Å². The number of esters is 1. The standard InChI is InChI=1S/C25H40O3/c1-16(2)5-10-23(27)28-22-9-8-20-19-7-6-17-15-18(26)11-13-24(17,3)21(19)12-14-25(20,22)4/h16-17,19-22H,5-15H2,1-4H3/t17?,19-,20-,21-,22-,24-,25-/m0/s1. The molecule has 0 aromatic carbocycles. The molecule has 0 N–H and O–H groups in total. The van der Waals surface area contributed by atoms with Gasteiger partial charge in [-0.05, 0) is 86.4 Å². The Morgan fingerprint density at radius 1 is 1.04 bits per heavy atom. The van der Waals surface area contributed by atoms with E-state index in [0.29, 0.717) is 35.4 Å². The summed E-state index contributed by atoms with van der Waals surface area (Å²) < 4.78 is 6.08. The molecule has 0 bridgehead atoms.